The lowest BCUT2D eigenvalue weighted by Crippen LogP contribution is -2.15. The highest BCUT2D eigenvalue weighted by atomic mass is 32.1. The fraction of sp³-hybridized carbons (Fsp3) is 0.250. The molecule has 1 aromatic carbocycles. The van der Waals surface area contributed by atoms with Gasteiger partial charge in [-0.3, -0.25) is 4.79 Å². The highest BCUT2D eigenvalue weighted by Gasteiger charge is 2.17. The van der Waals surface area contributed by atoms with Crippen molar-refractivity contribution in [1.29, 1.82) is 0 Å². The van der Waals surface area contributed by atoms with Crippen molar-refractivity contribution in [3.63, 3.8) is 0 Å². The van der Waals surface area contributed by atoms with Gasteiger partial charge in [-0.1, -0.05) is 18.6 Å². The van der Waals surface area contributed by atoms with Gasteiger partial charge in [-0.05, 0) is 42.5 Å². The third kappa shape index (κ3) is 3.31. The quantitative estimate of drug-likeness (QED) is 0.877. The summed E-state index contributed by atoms with van der Waals surface area (Å²) < 4.78 is 4.76. The normalized spacial score (nSPS) is 10.2. The molecule has 0 atom stereocenters. The first kappa shape index (κ1) is 15.3. The molecule has 1 N–H and O–H groups in total. The van der Waals surface area contributed by atoms with Gasteiger partial charge in [0.15, 0.2) is 0 Å². The maximum atomic E-state index is 12.4. The molecule has 0 radical (unpaired) electrons. The van der Waals surface area contributed by atoms with E-state index in [1.165, 1.54) is 18.4 Å². The number of thiophene rings is 1. The Labute approximate surface area is 127 Å². The van der Waals surface area contributed by atoms with Crippen LogP contribution < -0.4 is 5.32 Å². The molecule has 0 aliphatic heterocycles. The van der Waals surface area contributed by atoms with Crippen molar-refractivity contribution < 1.29 is 14.3 Å². The molecule has 0 aliphatic rings. The molecule has 0 fully saturated rings. The van der Waals surface area contributed by atoms with Crippen LogP contribution in [-0.2, 0) is 11.2 Å². The van der Waals surface area contributed by atoms with Gasteiger partial charge >= 0.3 is 5.97 Å². The van der Waals surface area contributed by atoms with Crippen LogP contribution in [0.25, 0.3) is 0 Å². The third-order valence-corrected chi connectivity index (χ3v) is 4.12. The lowest BCUT2D eigenvalue weighted by molar-refractivity contribution is 0.0602. The predicted octanol–water partition coefficient (Wildman–Crippen LogP) is 3.66. The van der Waals surface area contributed by atoms with Gasteiger partial charge in [0, 0.05) is 0 Å². The second kappa shape index (κ2) is 6.54. The number of rotatable bonds is 4. The number of hydrogen-bond acceptors (Lipinski definition) is 4. The van der Waals surface area contributed by atoms with Crippen LogP contribution in [0.1, 0.15) is 38.1 Å². The summed E-state index contributed by atoms with van der Waals surface area (Å²) in [4.78, 5) is 24.8. The van der Waals surface area contributed by atoms with Crippen LogP contribution in [0.2, 0.25) is 0 Å². The monoisotopic (exact) mass is 303 g/mol. The predicted molar refractivity (Wildman–Crippen MR) is 84.2 cm³/mol. The zero-order valence-electron chi connectivity index (χ0n) is 12.2. The minimum absolute atomic E-state index is 0.198. The summed E-state index contributed by atoms with van der Waals surface area (Å²) in [5.41, 5.74) is 2.76. The van der Waals surface area contributed by atoms with Crippen molar-refractivity contribution in [2.24, 2.45) is 0 Å². The second-order valence-electron chi connectivity index (χ2n) is 4.62. The van der Waals surface area contributed by atoms with E-state index >= 15 is 0 Å². The maximum Gasteiger partial charge on any atom is 0.339 e. The van der Waals surface area contributed by atoms with Crippen molar-refractivity contribution in [2.75, 3.05) is 12.4 Å². The fourth-order valence-electron chi connectivity index (χ4n) is 2.04. The summed E-state index contributed by atoms with van der Waals surface area (Å²) in [5, 5.41) is 4.69. The molecule has 0 saturated carbocycles. The van der Waals surface area contributed by atoms with Crippen LogP contribution in [0.3, 0.4) is 0 Å². The summed E-state index contributed by atoms with van der Waals surface area (Å²) in [6.45, 7) is 3.89. The van der Waals surface area contributed by atoms with E-state index in [-0.39, 0.29) is 5.91 Å². The molecule has 5 heteroatoms. The number of carbonyl (C=O) groups is 2. The smallest absolute Gasteiger partial charge is 0.339 e. The molecule has 21 heavy (non-hydrogen) atoms. The van der Waals surface area contributed by atoms with E-state index in [9.17, 15) is 9.59 Å². The molecule has 1 aromatic heterocycles. The Hall–Kier alpha value is -2.14. The van der Waals surface area contributed by atoms with Gasteiger partial charge in [-0.25, -0.2) is 4.79 Å². The molecular weight excluding hydrogens is 286 g/mol. The van der Waals surface area contributed by atoms with Crippen molar-refractivity contribution >= 4 is 28.9 Å². The fourth-order valence-corrected chi connectivity index (χ4v) is 2.93. The summed E-state index contributed by atoms with van der Waals surface area (Å²) in [5.74, 6) is -0.660. The SMILES string of the molecule is CCc1ccsc1C(=O)Nc1ccc(C)cc1C(=O)OC. The van der Waals surface area contributed by atoms with Crippen molar-refractivity contribution in [3.8, 4) is 0 Å². The zero-order chi connectivity index (χ0) is 15.4. The molecule has 110 valence electrons. The van der Waals surface area contributed by atoms with Gasteiger partial charge in [0.05, 0.1) is 23.2 Å². The highest BCUT2D eigenvalue weighted by molar-refractivity contribution is 7.12. The molecule has 1 amide bonds. The summed E-state index contributed by atoms with van der Waals surface area (Å²) in [6.07, 6.45) is 0.796. The molecule has 2 aromatic rings. The minimum atomic E-state index is -0.462. The molecule has 1 heterocycles. The lowest BCUT2D eigenvalue weighted by atomic mass is 10.1. The van der Waals surface area contributed by atoms with Crippen LogP contribution in [0.5, 0.6) is 0 Å². The number of esters is 1. The first-order chi connectivity index (χ1) is 10.1. The molecule has 0 aliphatic carbocycles. The second-order valence-corrected chi connectivity index (χ2v) is 5.54. The summed E-state index contributed by atoms with van der Waals surface area (Å²) in [7, 11) is 1.32. The molecule has 2 rings (SSSR count). The van der Waals surface area contributed by atoms with Crippen LogP contribution in [0.4, 0.5) is 5.69 Å². The molecule has 0 unspecified atom stereocenters. The Kier molecular flexibility index (Phi) is 4.75. The Bertz CT molecular complexity index is 676. The Morgan fingerprint density at radius 2 is 2.05 bits per heavy atom. The van der Waals surface area contributed by atoms with E-state index in [4.69, 9.17) is 4.74 Å². The van der Waals surface area contributed by atoms with E-state index in [0.29, 0.717) is 16.1 Å². The van der Waals surface area contributed by atoms with Gasteiger partial charge in [-0.15, -0.1) is 11.3 Å². The van der Waals surface area contributed by atoms with E-state index < -0.39 is 5.97 Å². The average Bonchev–Trinajstić information content (AvgIpc) is 2.96. The van der Waals surface area contributed by atoms with Crippen molar-refractivity contribution in [1.82, 2.24) is 0 Å². The van der Waals surface area contributed by atoms with Crippen LogP contribution in [0, 0.1) is 6.92 Å². The summed E-state index contributed by atoms with van der Waals surface area (Å²) >= 11 is 1.40. The standard InChI is InChI=1S/C16H17NO3S/c1-4-11-7-8-21-14(11)15(18)17-13-6-5-10(2)9-12(13)16(19)20-3/h5-9H,4H2,1-3H3,(H,17,18). The number of nitrogens with one attached hydrogen (secondary N) is 1. The van der Waals surface area contributed by atoms with Gasteiger partial charge in [-0.2, -0.15) is 0 Å². The van der Waals surface area contributed by atoms with Gasteiger partial charge in [0.2, 0.25) is 0 Å². The highest BCUT2D eigenvalue weighted by Crippen LogP contribution is 2.22. The number of methoxy groups -OCH3 is 1. The topological polar surface area (TPSA) is 55.4 Å². The Balaban J connectivity index is 2.31. The number of benzene rings is 1. The largest absolute Gasteiger partial charge is 0.465 e. The first-order valence-corrected chi connectivity index (χ1v) is 7.51. The Morgan fingerprint density at radius 1 is 1.29 bits per heavy atom. The summed E-state index contributed by atoms with van der Waals surface area (Å²) in [6, 6.07) is 7.21. The minimum Gasteiger partial charge on any atom is -0.465 e. The zero-order valence-corrected chi connectivity index (χ0v) is 13.0. The number of hydrogen-bond donors (Lipinski definition) is 1. The van der Waals surface area contributed by atoms with E-state index in [2.05, 4.69) is 5.32 Å². The number of aryl methyl sites for hydroxylation is 2. The maximum absolute atomic E-state index is 12.4. The van der Waals surface area contributed by atoms with Crippen LogP contribution in [0.15, 0.2) is 29.6 Å². The molecular formula is C16H17NO3S. The van der Waals surface area contributed by atoms with Crippen molar-refractivity contribution in [3.05, 3.63) is 51.2 Å². The molecule has 0 saturated heterocycles. The number of carbonyl (C=O) groups excluding carboxylic acids is 2. The number of ether oxygens (including phenoxy) is 1. The number of amides is 1. The molecule has 4 nitrogen and oxygen atoms in total. The van der Waals surface area contributed by atoms with E-state index in [0.717, 1.165) is 17.5 Å². The van der Waals surface area contributed by atoms with Crippen molar-refractivity contribution in [2.45, 2.75) is 20.3 Å². The van der Waals surface area contributed by atoms with E-state index in [1.54, 1.807) is 12.1 Å². The van der Waals surface area contributed by atoms with Gasteiger partial charge < -0.3 is 10.1 Å². The van der Waals surface area contributed by atoms with Crippen LogP contribution >= 0.6 is 11.3 Å². The molecule has 0 spiro atoms. The lowest BCUT2D eigenvalue weighted by Gasteiger charge is -2.10. The van der Waals surface area contributed by atoms with Crippen LogP contribution in [-0.4, -0.2) is 19.0 Å². The average molecular weight is 303 g/mol. The van der Waals surface area contributed by atoms with Gasteiger partial charge in [0.25, 0.3) is 5.91 Å². The van der Waals surface area contributed by atoms with Gasteiger partial charge in [0.1, 0.15) is 0 Å². The third-order valence-electron chi connectivity index (χ3n) is 3.16. The molecule has 0 bridgehead atoms. The first-order valence-electron chi connectivity index (χ1n) is 6.63. The van der Waals surface area contributed by atoms with E-state index in [1.807, 2.05) is 31.4 Å². The number of anilines is 1. The Morgan fingerprint density at radius 3 is 2.71 bits per heavy atom.